The highest BCUT2D eigenvalue weighted by atomic mass is 16.5. The second-order valence-electron chi connectivity index (χ2n) is 6.24. The van der Waals surface area contributed by atoms with E-state index in [0.29, 0.717) is 6.04 Å². The Bertz CT molecular complexity index is 389. The molecule has 2 nitrogen and oxygen atoms in total. The average molecular weight is 261 g/mol. The van der Waals surface area contributed by atoms with Crippen LogP contribution in [-0.2, 0) is 0 Å². The summed E-state index contributed by atoms with van der Waals surface area (Å²) in [5.74, 6) is 2.65. The number of methoxy groups -OCH3 is 1. The van der Waals surface area contributed by atoms with E-state index in [1.54, 1.807) is 7.11 Å². The zero-order valence-electron chi connectivity index (χ0n) is 12.5. The maximum atomic E-state index is 5.28. The lowest BCUT2D eigenvalue weighted by Gasteiger charge is -2.31. The zero-order valence-corrected chi connectivity index (χ0v) is 12.5. The molecule has 1 fully saturated rings. The van der Waals surface area contributed by atoms with Crippen molar-refractivity contribution < 1.29 is 4.74 Å². The Hall–Kier alpha value is -1.18. The first kappa shape index (κ1) is 14.2. The molecule has 0 spiro atoms. The second-order valence-corrected chi connectivity index (χ2v) is 6.24. The van der Waals surface area contributed by atoms with Gasteiger partial charge in [0.25, 0.3) is 0 Å². The maximum Gasteiger partial charge on any atom is 0.120 e. The Morgan fingerprint density at radius 2 is 2.16 bits per heavy atom. The Kier molecular flexibility index (Phi) is 5.12. The molecule has 0 aliphatic heterocycles. The number of hydrogen-bond acceptors (Lipinski definition) is 2. The fraction of sp³-hybridized carbons (Fsp3) is 0.647. The first-order valence-electron chi connectivity index (χ1n) is 7.58. The average Bonchev–Trinajstić information content (AvgIpc) is 2.38. The van der Waals surface area contributed by atoms with Gasteiger partial charge in [0.15, 0.2) is 0 Å². The normalized spacial score (nSPS) is 23.4. The van der Waals surface area contributed by atoms with Gasteiger partial charge in [0.2, 0.25) is 0 Å². The molecule has 1 aromatic rings. The minimum absolute atomic E-state index is 0.629. The number of nitrogens with one attached hydrogen (secondary N) is 1. The van der Waals surface area contributed by atoms with Crippen LogP contribution in [0.1, 0.15) is 46.0 Å². The standard InChI is InChI=1S/C17H27NO/c1-13(2)10-14-6-4-7-15(11-14)18-16-8-5-9-17(12-16)19-3/h5,8-9,12-15,18H,4,6-7,10-11H2,1-3H3. The van der Waals surface area contributed by atoms with Gasteiger partial charge >= 0.3 is 0 Å². The summed E-state index contributed by atoms with van der Waals surface area (Å²) in [6, 6.07) is 8.90. The molecule has 2 unspecified atom stereocenters. The molecule has 2 heteroatoms. The van der Waals surface area contributed by atoms with Crippen LogP contribution in [0.2, 0.25) is 0 Å². The number of anilines is 1. The number of hydrogen-bond donors (Lipinski definition) is 1. The fourth-order valence-corrected chi connectivity index (χ4v) is 3.25. The van der Waals surface area contributed by atoms with Crippen LogP contribution >= 0.6 is 0 Å². The van der Waals surface area contributed by atoms with Gasteiger partial charge in [-0.1, -0.05) is 32.8 Å². The van der Waals surface area contributed by atoms with Crippen molar-refractivity contribution in [2.24, 2.45) is 11.8 Å². The third-order valence-electron chi connectivity index (χ3n) is 4.03. The van der Waals surface area contributed by atoms with Gasteiger partial charge in [-0.3, -0.25) is 0 Å². The number of ether oxygens (including phenoxy) is 1. The lowest BCUT2D eigenvalue weighted by atomic mass is 9.81. The van der Waals surface area contributed by atoms with E-state index in [-0.39, 0.29) is 0 Å². The van der Waals surface area contributed by atoms with Crippen molar-refractivity contribution in [3.63, 3.8) is 0 Å². The smallest absolute Gasteiger partial charge is 0.120 e. The predicted molar refractivity (Wildman–Crippen MR) is 81.8 cm³/mol. The number of rotatable bonds is 5. The fourth-order valence-electron chi connectivity index (χ4n) is 3.25. The molecule has 1 N–H and O–H groups in total. The van der Waals surface area contributed by atoms with Crippen LogP contribution in [0, 0.1) is 11.8 Å². The summed E-state index contributed by atoms with van der Waals surface area (Å²) in [5, 5.41) is 3.68. The molecule has 0 aromatic heterocycles. The molecule has 0 heterocycles. The molecule has 106 valence electrons. The molecule has 19 heavy (non-hydrogen) atoms. The van der Waals surface area contributed by atoms with Gasteiger partial charge in [0, 0.05) is 17.8 Å². The van der Waals surface area contributed by atoms with Crippen LogP contribution in [0.4, 0.5) is 5.69 Å². The first-order valence-corrected chi connectivity index (χ1v) is 7.58. The van der Waals surface area contributed by atoms with E-state index in [4.69, 9.17) is 4.74 Å². The maximum absolute atomic E-state index is 5.28. The van der Waals surface area contributed by atoms with Crippen molar-refractivity contribution in [1.82, 2.24) is 0 Å². The van der Waals surface area contributed by atoms with Crippen molar-refractivity contribution in [3.8, 4) is 5.75 Å². The number of benzene rings is 1. The van der Waals surface area contributed by atoms with Crippen LogP contribution in [0.3, 0.4) is 0 Å². The summed E-state index contributed by atoms with van der Waals surface area (Å²) >= 11 is 0. The molecule has 2 rings (SSSR count). The summed E-state index contributed by atoms with van der Waals surface area (Å²) < 4.78 is 5.28. The third-order valence-corrected chi connectivity index (χ3v) is 4.03. The Morgan fingerprint density at radius 3 is 2.89 bits per heavy atom. The summed E-state index contributed by atoms with van der Waals surface area (Å²) in [7, 11) is 1.72. The first-order chi connectivity index (χ1) is 9.17. The van der Waals surface area contributed by atoms with E-state index >= 15 is 0 Å². The molecule has 1 aliphatic rings. The molecular weight excluding hydrogens is 234 g/mol. The van der Waals surface area contributed by atoms with Gasteiger partial charge in [-0.05, 0) is 43.2 Å². The third kappa shape index (κ3) is 4.45. The highest BCUT2D eigenvalue weighted by Crippen LogP contribution is 2.31. The topological polar surface area (TPSA) is 21.3 Å². The molecule has 0 saturated heterocycles. The summed E-state index contributed by atoms with van der Waals surface area (Å²) in [6.45, 7) is 4.66. The van der Waals surface area contributed by atoms with Crippen LogP contribution in [0.25, 0.3) is 0 Å². The van der Waals surface area contributed by atoms with E-state index in [0.717, 1.165) is 17.6 Å². The van der Waals surface area contributed by atoms with E-state index < -0.39 is 0 Å². The van der Waals surface area contributed by atoms with Crippen molar-refractivity contribution in [2.45, 2.75) is 52.0 Å². The molecule has 2 atom stereocenters. The minimum Gasteiger partial charge on any atom is -0.497 e. The lowest BCUT2D eigenvalue weighted by Crippen LogP contribution is -2.27. The quantitative estimate of drug-likeness (QED) is 0.828. The monoisotopic (exact) mass is 261 g/mol. The largest absolute Gasteiger partial charge is 0.497 e. The summed E-state index contributed by atoms with van der Waals surface area (Å²) in [6.07, 6.45) is 6.75. The molecule has 0 radical (unpaired) electrons. The zero-order chi connectivity index (χ0) is 13.7. The van der Waals surface area contributed by atoms with Gasteiger partial charge in [0.05, 0.1) is 7.11 Å². The van der Waals surface area contributed by atoms with E-state index in [9.17, 15) is 0 Å². The van der Waals surface area contributed by atoms with Crippen LogP contribution < -0.4 is 10.1 Å². The highest BCUT2D eigenvalue weighted by molar-refractivity contribution is 5.48. The Balaban J connectivity index is 1.90. The summed E-state index contributed by atoms with van der Waals surface area (Å²) in [4.78, 5) is 0. The highest BCUT2D eigenvalue weighted by Gasteiger charge is 2.22. The van der Waals surface area contributed by atoms with Gasteiger partial charge in [0.1, 0.15) is 5.75 Å². The van der Waals surface area contributed by atoms with E-state index in [2.05, 4.69) is 37.4 Å². The molecule has 0 amide bonds. The van der Waals surface area contributed by atoms with Gasteiger partial charge in [-0.2, -0.15) is 0 Å². The molecule has 1 aromatic carbocycles. The van der Waals surface area contributed by atoms with E-state index in [1.807, 2.05) is 6.07 Å². The molecular formula is C17H27NO. The molecule has 1 aliphatic carbocycles. The molecule has 0 bridgehead atoms. The van der Waals surface area contributed by atoms with Gasteiger partial charge < -0.3 is 10.1 Å². The summed E-state index contributed by atoms with van der Waals surface area (Å²) in [5.41, 5.74) is 1.19. The van der Waals surface area contributed by atoms with Crippen LogP contribution in [0.15, 0.2) is 24.3 Å². The van der Waals surface area contributed by atoms with Gasteiger partial charge in [-0.25, -0.2) is 0 Å². The Morgan fingerprint density at radius 1 is 1.32 bits per heavy atom. The van der Waals surface area contributed by atoms with Crippen molar-refractivity contribution in [2.75, 3.05) is 12.4 Å². The van der Waals surface area contributed by atoms with Crippen molar-refractivity contribution in [3.05, 3.63) is 24.3 Å². The lowest BCUT2D eigenvalue weighted by molar-refractivity contribution is 0.289. The predicted octanol–water partition coefficient (Wildman–Crippen LogP) is 4.71. The van der Waals surface area contributed by atoms with Crippen molar-refractivity contribution in [1.29, 1.82) is 0 Å². The second kappa shape index (κ2) is 6.83. The molecule has 1 saturated carbocycles. The Labute approximate surface area is 117 Å². The van der Waals surface area contributed by atoms with Crippen molar-refractivity contribution >= 4 is 5.69 Å². The van der Waals surface area contributed by atoms with Gasteiger partial charge in [-0.15, -0.1) is 0 Å². The van der Waals surface area contributed by atoms with Crippen LogP contribution in [0.5, 0.6) is 5.75 Å². The van der Waals surface area contributed by atoms with Crippen LogP contribution in [-0.4, -0.2) is 13.2 Å². The van der Waals surface area contributed by atoms with E-state index in [1.165, 1.54) is 37.8 Å². The SMILES string of the molecule is COc1cccc(NC2CCCC(CC(C)C)C2)c1. The minimum atomic E-state index is 0.629.